The van der Waals surface area contributed by atoms with Crippen LogP contribution in [0, 0.1) is 11.8 Å². The highest BCUT2D eigenvalue weighted by Crippen LogP contribution is 2.40. The molecule has 0 amide bonds. The molecule has 2 radical (unpaired) electrons. The van der Waals surface area contributed by atoms with Crippen LogP contribution in [-0.4, -0.2) is 31.2 Å². The van der Waals surface area contributed by atoms with Gasteiger partial charge in [0, 0.05) is 6.00 Å². The monoisotopic (exact) mass is 168 g/mol. The van der Waals surface area contributed by atoms with Gasteiger partial charge in [0.25, 0.3) is 0 Å². The average Bonchev–Trinajstić information content (AvgIpc) is 2.30. The molecule has 1 rings (SSSR count). The SMILES string of the molecule is [B][C@@H]1O[C@](CC)(CO)C(C)[C@H]1C. The smallest absolute Gasteiger partial charge is 0.109 e. The lowest BCUT2D eigenvalue weighted by Crippen LogP contribution is -2.38. The molecule has 1 aliphatic heterocycles. The van der Waals surface area contributed by atoms with Gasteiger partial charge >= 0.3 is 0 Å². The molecule has 2 nitrogen and oxygen atoms in total. The van der Waals surface area contributed by atoms with Gasteiger partial charge in [-0.25, -0.2) is 0 Å². The minimum atomic E-state index is -0.390. The number of aliphatic hydroxyl groups excluding tert-OH is 1. The summed E-state index contributed by atoms with van der Waals surface area (Å²) in [6.07, 6.45) is 0.822. The summed E-state index contributed by atoms with van der Waals surface area (Å²) in [7, 11) is 5.76. The largest absolute Gasteiger partial charge is 0.393 e. The van der Waals surface area contributed by atoms with E-state index in [1.165, 1.54) is 0 Å². The fourth-order valence-corrected chi connectivity index (χ4v) is 1.95. The van der Waals surface area contributed by atoms with E-state index in [0.29, 0.717) is 11.8 Å². The molecule has 1 saturated heterocycles. The Morgan fingerprint density at radius 3 is 2.25 bits per heavy atom. The Morgan fingerprint density at radius 1 is 1.50 bits per heavy atom. The molecule has 68 valence electrons. The van der Waals surface area contributed by atoms with Crippen molar-refractivity contribution in [3.05, 3.63) is 0 Å². The van der Waals surface area contributed by atoms with Crippen molar-refractivity contribution in [2.45, 2.75) is 38.8 Å². The van der Waals surface area contributed by atoms with Gasteiger partial charge < -0.3 is 9.84 Å². The van der Waals surface area contributed by atoms with Gasteiger partial charge in [-0.05, 0) is 18.3 Å². The summed E-state index contributed by atoms with van der Waals surface area (Å²) in [5.74, 6) is 0.666. The van der Waals surface area contributed by atoms with Crippen molar-refractivity contribution in [2.24, 2.45) is 11.8 Å². The molecular weight excluding hydrogens is 151 g/mol. The first kappa shape index (κ1) is 10.1. The fraction of sp³-hybridized carbons (Fsp3) is 1.00. The second-order valence-corrected chi connectivity index (χ2v) is 3.81. The van der Waals surface area contributed by atoms with E-state index in [0.717, 1.165) is 6.42 Å². The number of hydrogen-bond acceptors (Lipinski definition) is 2. The molecule has 1 unspecified atom stereocenters. The summed E-state index contributed by atoms with van der Waals surface area (Å²) in [5.41, 5.74) is -0.390. The van der Waals surface area contributed by atoms with Crippen molar-refractivity contribution in [1.29, 1.82) is 0 Å². The van der Waals surface area contributed by atoms with Crippen molar-refractivity contribution in [3.63, 3.8) is 0 Å². The highest BCUT2D eigenvalue weighted by atomic mass is 16.5. The summed E-state index contributed by atoms with van der Waals surface area (Å²) in [6, 6.07) is -0.216. The molecule has 4 atom stereocenters. The molecule has 3 heteroatoms. The molecule has 0 bridgehead atoms. The van der Waals surface area contributed by atoms with Crippen LogP contribution in [0.1, 0.15) is 27.2 Å². The Balaban J connectivity index is 2.79. The van der Waals surface area contributed by atoms with Gasteiger partial charge in [-0.1, -0.05) is 20.8 Å². The zero-order valence-electron chi connectivity index (χ0n) is 8.08. The van der Waals surface area contributed by atoms with Crippen LogP contribution in [0.2, 0.25) is 0 Å². The van der Waals surface area contributed by atoms with Crippen LogP contribution in [-0.2, 0) is 4.74 Å². The predicted molar refractivity (Wildman–Crippen MR) is 49.1 cm³/mol. The number of aliphatic hydroxyl groups is 1. The summed E-state index contributed by atoms with van der Waals surface area (Å²) < 4.78 is 5.60. The topological polar surface area (TPSA) is 29.5 Å². The molecular formula is C9H17BO2. The van der Waals surface area contributed by atoms with Crippen molar-refractivity contribution >= 4 is 7.85 Å². The lowest BCUT2D eigenvalue weighted by molar-refractivity contribution is -0.0709. The summed E-state index contributed by atoms with van der Waals surface area (Å²) in [6.45, 7) is 6.26. The number of hydrogen-bond donors (Lipinski definition) is 1. The van der Waals surface area contributed by atoms with Crippen molar-refractivity contribution in [2.75, 3.05) is 6.61 Å². The fourth-order valence-electron chi connectivity index (χ4n) is 1.95. The van der Waals surface area contributed by atoms with Gasteiger partial charge in [-0.3, -0.25) is 0 Å². The van der Waals surface area contributed by atoms with E-state index in [1.807, 2.05) is 6.92 Å². The standard InChI is InChI=1S/C9H17BO2/c1-4-9(5-11)7(3)6(2)8(10)12-9/h6-8,11H,4-5H2,1-3H3/t6-,7?,8-,9-/m1/s1. The molecule has 1 fully saturated rings. The lowest BCUT2D eigenvalue weighted by atomic mass is 9.77. The van der Waals surface area contributed by atoms with E-state index in [1.54, 1.807) is 0 Å². The van der Waals surface area contributed by atoms with Crippen LogP contribution in [0.25, 0.3) is 0 Å². The van der Waals surface area contributed by atoms with Gasteiger partial charge in [-0.15, -0.1) is 0 Å². The molecule has 12 heavy (non-hydrogen) atoms. The Morgan fingerprint density at radius 2 is 2.08 bits per heavy atom. The van der Waals surface area contributed by atoms with Gasteiger partial charge in [-0.2, -0.15) is 0 Å². The molecule has 0 aliphatic carbocycles. The maximum absolute atomic E-state index is 9.24. The van der Waals surface area contributed by atoms with Crippen LogP contribution in [0.3, 0.4) is 0 Å². The second-order valence-electron chi connectivity index (χ2n) is 3.81. The molecule has 0 aromatic carbocycles. The molecule has 0 spiro atoms. The Labute approximate surface area is 75.7 Å². The van der Waals surface area contributed by atoms with Crippen molar-refractivity contribution < 1.29 is 9.84 Å². The molecule has 1 N–H and O–H groups in total. The Kier molecular flexibility index (Phi) is 2.84. The second kappa shape index (κ2) is 3.39. The summed E-state index contributed by atoms with van der Waals surface area (Å²) in [4.78, 5) is 0. The zero-order valence-corrected chi connectivity index (χ0v) is 8.08. The van der Waals surface area contributed by atoms with Crippen LogP contribution in [0.15, 0.2) is 0 Å². The predicted octanol–water partition coefficient (Wildman–Crippen LogP) is 0.924. The first-order valence-corrected chi connectivity index (χ1v) is 4.61. The van der Waals surface area contributed by atoms with E-state index < -0.39 is 5.60 Å². The maximum Gasteiger partial charge on any atom is 0.109 e. The average molecular weight is 168 g/mol. The van der Waals surface area contributed by atoms with E-state index in [9.17, 15) is 5.11 Å². The van der Waals surface area contributed by atoms with Crippen LogP contribution in [0.4, 0.5) is 0 Å². The third-order valence-corrected chi connectivity index (χ3v) is 3.37. The van der Waals surface area contributed by atoms with Crippen LogP contribution < -0.4 is 0 Å². The minimum absolute atomic E-state index is 0.0721. The first-order chi connectivity index (χ1) is 5.57. The Hall–Kier alpha value is -0.0151. The van der Waals surface area contributed by atoms with Crippen LogP contribution in [0.5, 0.6) is 0 Å². The third kappa shape index (κ3) is 1.29. The van der Waals surface area contributed by atoms with E-state index >= 15 is 0 Å². The minimum Gasteiger partial charge on any atom is -0.393 e. The molecule has 0 aromatic heterocycles. The van der Waals surface area contributed by atoms with Gasteiger partial charge in [0.05, 0.1) is 12.2 Å². The third-order valence-electron chi connectivity index (χ3n) is 3.37. The molecule has 0 saturated carbocycles. The van der Waals surface area contributed by atoms with E-state index in [4.69, 9.17) is 12.6 Å². The number of ether oxygens (including phenoxy) is 1. The Bertz CT molecular complexity index is 157. The summed E-state index contributed by atoms with van der Waals surface area (Å²) >= 11 is 0. The van der Waals surface area contributed by atoms with E-state index in [2.05, 4.69) is 13.8 Å². The van der Waals surface area contributed by atoms with Gasteiger partial charge in [0.2, 0.25) is 0 Å². The molecule has 1 heterocycles. The highest BCUT2D eigenvalue weighted by molar-refractivity contribution is 6.11. The van der Waals surface area contributed by atoms with Crippen LogP contribution >= 0.6 is 0 Å². The zero-order chi connectivity index (χ0) is 9.35. The summed E-state index contributed by atoms with van der Waals surface area (Å²) in [5, 5.41) is 9.24. The van der Waals surface area contributed by atoms with Crippen molar-refractivity contribution in [3.8, 4) is 0 Å². The first-order valence-electron chi connectivity index (χ1n) is 4.61. The molecule has 1 aliphatic rings. The highest BCUT2D eigenvalue weighted by Gasteiger charge is 2.46. The quantitative estimate of drug-likeness (QED) is 0.621. The molecule has 0 aromatic rings. The van der Waals surface area contributed by atoms with E-state index in [-0.39, 0.29) is 12.6 Å². The normalized spacial score (nSPS) is 48.2. The lowest BCUT2D eigenvalue weighted by Gasteiger charge is -2.30. The maximum atomic E-state index is 9.24. The van der Waals surface area contributed by atoms with Gasteiger partial charge in [0.1, 0.15) is 7.85 Å². The van der Waals surface area contributed by atoms with Crippen molar-refractivity contribution in [1.82, 2.24) is 0 Å². The van der Waals surface area contributed by atoms with Gasteiger partial charge in [0.15, 0.2) is 0 Å². The number of rotatable bonds is 2.